The first-order valence-corrected chi connectivity index (χ1v) is 10.5. The van der Waals surface area contributed by atoms with Crippen LogP contribution in [-0.4, -0.2) is 25.5 Å². The minimum atomic E-state index is -0.289. The molecule has 2 aromatic carbocycles. The van der Waals surface area contributed by atoms with Gasteiger partial charge in [0, 0.05) is 0 Å². The highest BCUT2D eigenvalue weighted by Gasteiger charge is 2.40. The van der Waals surface area contributed by atoms with E-state index in [-0.39, 0.29) is 11.8 Å². The van der Waals surface area contributed by atoms with Gasteiger partial charge in [0.05, 0.1) is 36.3 Å². The van der Waals surface area contributed by atoms with Gasteiger partial charge in [-0.3, -0.25) is 9.59 Å². The zero-order chi connectivity index (χ0) is 22.0. The molecule has 0 saturated carbocycles. The molecule has 1 unspecified atom stereocenters. The maximum absolute atomic E-state index is 12.7. The van der Waals surface area contributed by atoms with E-state index < -0.39 is 0 Å². The number of rotatable bonds is 8. The third-order valence-corrected chi connectivity index (χ3v) is 5.52. The Bertz CT molecular complexity index is 1070. The molecule has 2 aliphatic rings. The van der Waals surface area contributed by atoms with Crippen molar-refractivity contribution in [3.63, 3.8) is 0 Å². The smallest absolute Gasteiger partial charge is 0.258 e. The van der Waals surface area contributed by atoms with Crippen LogP contribution in [0.4, 0.5) is 0 Å². The molecule has 0 aromatic heterocycles. The minimum absolute atomic E-state index is 0.289. The number of carbonyl (C=O) groups is 2. The lowest BCUT2D eigenvalue weighted by atomic mass is 10.0. The van der Waals surface area contributed by atoms with Gasteiger partial charge in [-0.1, -0.05) is 20.3 Å². The molecule has 6 nitrogen and oxygen atoms in total. The number of hydrogen-bond acceptors (Lipinski definition) is 4. The third-order valence-electron chi connectivity index (χ3n) is 5.52. The molecule has 0 radical (unpaired) electrons. The Morgan fingerprint density at radius 2 is 1.29 bits per heavy atom. The van der Waals surface area contributed by atoms with Crippen LogP contribution in [0.3, 0.4) is 0 Å². The number of amides is 2. The van der Waals surface area contributed by atoms with Crippen LogP contribution in [0.25, 0.3) is 11.4 Å². The first-order chi connectivity index (χ1) is 15.0. The van der Waals surface area contributed by atoms with Gasteiger partial charge in [0.1, 0.15) is 11.5 Å². The fraction of sp³-hybridized carbons (Fsp3) is 0.280. The summed E-state index contributed by atoms with van der Waals surface area (Å²) in [6, 6.07) is 14.7. The van der Waals surface area contributed by atoms with Crippen molar-refractivity contribution in [3.05, 3.63) is 70.8 Å². The average molecular weight is 418 g/mol. The Labute approximate surface area is 181 Å². The molecule has 0 fully saturated rings. The second-order valence-corrected chi connectivity index (χ2v) is 7.87. The standard InChI is InChI=1S/C25H26N2O4/c1-4-5-15(2)14-31-19-12-8-17(9-13-19)23-21-20(24(28)27-23)22(26-25(21)29)16-6-10-18(30-3)11-7-16/h6-13,15H,4-5,14H2,1-3H3,(H,26,29)(H,27,28). The summed E-state index contributed by atoms with van der Waals surface area (Å²) in [5, 5.41) is 5.72. The number of ether oxygens (including phenoxy) is 2. The maximum atomic E-state index is 12.7. The lowest BCUT2D eigenvalue weighted by Crippen LogP contribution is -2.21. The van der Waals surface area contributed by atoms with Gasteiger partial charge in [0.15, 0.2) is 0 Å². The van der Waals surface area contributed by atoms with Gasteiger partial charge in [-0.25, -0.2) is 0 Å². The van der Waals surface area contributed by atoms with Crippen molar-refractivity contribution in [2.45, 2.75) is 26.7 Å². The SMILES string of the molecule is CCCC(C)COc1ccc(C2=C3C(=O)NC(c4ccc(OC)cc4)=C3C(=O)N2)cc1. The van der Waals surface area contributed by atoms with Gasteiger partial charge >= 0.3 is 0 Å². The largest absolute Gasteiger partial charge is 0.497 e. The average Bonchev–Trinajstić information content (AvgIpc) is 3.31. The van der Waals surface area contributed by atoms with Crippen molar-refractivity contribution >= 4 is 23.2 Å². The predicted octanol–water partition coefficient (Wildman–Crippen LogP) is 3.89. The third kappa shape index (κ3) is 4.06. The highest BCUT2D eigenvalue weighted by Crippen LogP contribution is 2.37. The Kier molecular flexibility index (Phi) is 5.80. The molecular formula is C25H26N2O4. The Hall–Kier alpha value is -3.54. The molecule has 2 heterocycles. The molecule has 0 saturated heterocycles. The molecular weight excluding hydrogens is 392 g/mol. The molecule has 0 aliphatic carbocycles. The summed E-state index contributed by atoms with van der Waals surface area (Å²) < 4.78 is 11.0. The summed E-state index contributed by atoms with van der Waals surface area (Å²) in [5.74, 6) is 1.39. The number of methoxy groups -OCH3 is 1. The molecule has 2 aromatic rings. The topological polar surface area (TPSA) is 76.7 Å². The summed E-state index contributed by atoms with van der Waals surface area (Å²) in [5.41, 5.74) is 3.30. The van der Waals surface area contributed by atoms with Gasteiger partial charge in [-0.2, -0.15) is 0 Å². The molecule has 0 spiro atoms. The second-order valence-electron chi connectivity index (χ2n) is 7.87. The van der Waals surface area contributed by atoms with Gasteiger partial charge in [-0.05, 0) is 72.0 Å². The van der Waals surface area contributed by atoms with Crippen LogP contribution >= 0.6 is 0 Å². The molecule has 160 valence electrons. The van der Waals surface area contributed by atoms with Crippen LogP contribution in [0.1, 0.15) is 37.8 Å². The molecule has 2 aliphatic heterocycles. The first-order valence-electron chi connectivity index (χ1n) is 10.5. The van der Waals surface area contributed by atoms with Gasteiger partial charge in [0.25, 0.3) is 11.8 Å². The molecule has 2 N–H and O–H groups in total. The summed E-state index contributed by atoms with van der Waals surface area (Å²) in [6.07, 6.45) is 2.26. The summed E-state index contributed by atoms with van der Waals surface area (Å²) in [7, 11) is 1.59. The number of benzene rings is 2. The van der Waals surface area contributed by atoms with Crippen LogP contribution in [0.15, 0.2) is 59.7 Å². The predicted molar refractivity (Wildman–Crippen MR) is 119 cm³/mol. The van der Waals surface area contributed by atoms with Crippen molar-refractivity contribution < 1.29 is 19.1 Å². The highest BCUT2D eigenvalue weighted by molar-refractivity contribution is 6.30. The monoisotopic (exact) mass is 418 g/mol. The number of nitrogens with one attached hydrogen (secondary N) is 2. The molecule has 1 atom stereocenters. The number of hydrogen-bond donors (Lipinski definition) is 2. The lowest BCUT2D eigenvalue weighted by Gasteiger charge is -2.13. The summed E-state index contributed by atoms with van der Waals surface area (Å²) >= 11 is 0. The van der Waals surface area contributed by atoms with Crippen molar-refractivity contribution in [2.24, 2.45) is 5.92 Å². The van der Waals surface area contributed by atoms with Crippen molar-refractivity contribution in [3.8, 4) is 11.5 Å². The zero-order valence-corrected chi connectivity index (χ0v) is 18.0. The summed E-state index contributed by atoms with van der Waals surface area (Å²) in [4.78, 5) is 25.5. The van der Waals surface area contributed by atoms with Crippen LogP contribution in [0.5, 0.6) is 11.5 Å². The minimum Gasteiger partial charge on any atom is -0.497 e. The van der Waals surface area contributed by atoms with E-state index in [4.69, 9.17) is 9.47 Å². The van der Waals surface area contributed by atoms with E-state index >= 15 is 0 Å². The zero-order valence-electron chi connectivity index (χ0n) is 18.0. The van der Waals surface area contributed by atoms with Gasteiger partial charge < -0.3 is 20.1 Å². The van der Waals surface area contributed by atoms with Crippen molar-refractivity contribution in [1.82, 2.24) is 10.6 Å². The van der Waals surface area contributed by atoms with Crippen molar-refractivity contribution in [2.75, 3.05) is 13.7 Å². The maximum Gasteiger partial charge on any atom is 0.258 e. The van der Waals surface area contributed by atoms with Crippen LogP contribution < -0.4 is 20.1 Å². The lowest BCUT2D eigenvalue weighted by molar-refractivity contribution is -0.117. The first kappa shape index (κ1) is 20.7. The van der Waals surface area contributed by atoms with E-state index in [1.807, 2.05) is 36.4 Å². The van der Waals surface area contributed by atoms with E-state index in [0.717, 1.165) is 29.7 Å². The van der Waals surface area contributed by atoms with E-state index in [1.54, 1.807) is 19.2 Å². The molecule has 2 amide bonds. The van der Waals surface area contributed by atoms with E-state index in [0.29, 0.717) is 40.8 Å². The Morgan fingerprint density at radius 1 is 0.806 bits per heavy atom. The van der Waals surface area contributed by atoms with Crippen LogP contribution in [-0.2, 0) is 9.59 Å². The normalized spacial score (nSPS) is 16.2. The fourth-order valence-corrected chi connectivity index (χ4v) is 3.90. The quantitative estimate of drug-likeness (QED) is 0.682. The van der Waals surface area contributed by atoms with Crippen molar-refractivity contribution in [1.29, 1.82) is 0 Å². The Morgan fingerprint density at radius 3 is 1.74 bits per heavy atom. The highest BCUT2D eigenvalue weighted by atomic mass is 16.5. The molecule has 0 bridgehead atoms. The number of carbonyl (C=O) groups excluding carboxylic acids is 2. The molecule has 31 heavy (non-hydrogen) atoms. The van der Waals surface area contributed by atoms with Gasteiger partial charge in [-0.15, -0.1) is 0 Å². The van der Waals surface area contributed by atoms with E-state index in [2.05, 4.69) is 24.5 Å². The van der Waals surface area contributed by atoms with E-state index in [1.165, 1.54) is 0 Å². The van der Waals surface area contributed by atoms with Gasteiger partial charge in [0.2, 0.25) is 0 Å². The van der Waals surface area contributed by atoms with Crippen LogP contribution in [0, 0.1) is 5.92 Å². The summed E-state index contributed by atoms with van der Waals surface area (Å²) in [6.45, 7) is 5.00. The molecule has 6 heteroatoms. The fourth-order valence-electron chi connectivity index (χ4n) is 3.90. The molecule has 4 rings (SSSR count). The Balaban J connectivity index is 1.61. The van der Waals surface area contributed by atoms with E-state index in [9.17, 15) is 9.59 Å². The van der Waals surface area contributed by atoms with Crippen LogP contribution in [0.2, 0.25) is 0 Å². The second kappa shape index (κ2) is 8.68. The number of fused-ring (bicyclic) bond motifs is 1.